The van der Waals surface area contributed by atoms with Crippen LogP contribution in [0, 0.1) is 0 Å². The van der Waals surface area contributed by atoms with E-state index in [1.165, 1.54) is 64.2 Å². The summed E-state index contributed by atoms with van der Waals surface area (Å²) in [4.78, 5) is 34.4. The molecule has 6 N–H and O–H groups in total. The Morgan fingerprint density at radius 1 is 0.643 bits per heavy atom. The maximum atomic E-state index is 12.4. The monoisotopic (exact) mass is 627 g/mol. The number of aliphatic hydroxyl groups is 2. The minimum atomic E-state index is -4.59. The van der Waals surface area contributed by atoms with E-state index in [2.05, 4.69) is 18.4 Å². The van der Waals surface area contributed by atoms with Gasteiger partial charge in [0, 0.05) is 12.8 Å². The topological polar surface area (TPSA) is 184 Å². The van der Waals surface area contributed by atoms with Gasteiger partial charge >= 0.3 is 19.8 Å². The number of carbonyl (C=O) groups excluding carboxylic acids is 2. The van der Waals surface area contributed by atoms with Crippen molar-refractivity contribution in [3.05, 3.63) is 0 Å². The first-order valence-corrected chi connectivity index (χ1v) is 17.5. The lowest BCUT2D eigenvalue weighted by atomic mass is 10.1. The molecule has 0 aromatic heterocycles. The number of rotatable bonds is 30. The SMILES string of the molecule is CCCCCCCCCCCC(=O)OCC(COP(=O)(O)OCC(O)CO)OC(=O)CCCCCCCCCCC.N. The quantitative estimate of drug-likeness (QED) is 0.0368. The molecule has 0 aliphatic carbocycles. The van der Waals surface area contributed by atoms with E-state index in [4.69, 9.17) is 19.1 Å². The van der Waals surface area contributed by atoms with Crippen molar-refractivity contribution in [1.82, 2.24) is 6.15 Å². The molecule has 0 aromatic carbocycles. The predicted octanol–water partition coefficient (Wildman–Crippen LogP) is 6.93. The lowest BCUT2D eigenvalue weighted by Gasteiger charge is -2.20. The highest BCUT2D eigenvalue weighted by Crippen LogP contribution is 2.43. The van der Waals surface area contributed by atoms with Crippen LogP contribution in [0.3, 0.4) is 0 Å². The normalized spacial score (nSPS) is 14.0. The molecule has 0 fully saturated rings. The summed E-state index contributed by atoms with van der Waals surface area (Å²) in [6.07, 6.45) is 18.1. The van der Waals surface area contributed by atoms with Crippen LogP contribution in [0.5, 0.6) is 0 Å². The Labute approximate surface area is 254 Å². The summed E-state index contributed by atoms with van der Waals surface area (Å²) in [6, 6.07) is 0. The lowest BCUT2D eigenvalue weighted by molar-refractivity contribution is -0.161. The third kappa shape index (κ3) is 29.0. The molecule has 0 heterocycles. The van der Waals surface area contributed by atoms with E-state index in [0.29, 0.717) is 12.8 Å². The van der Waals surface area contributed by atoms with Crippen LogP contribution in [0.25, 0.3) is 0 Å². The van der Waals surface area contributed by atoms with Crippen molar-refractivity contribution in [2.45, 2.75) is 154 Å². The molecule has 0 bridgehead atoms. The average molecular weight is 628 g/mol. The van der Waals surface area contributed by atoms with E-state index in [9.17, 15) is 24.2 Å². The zero-order valence-corrected chi connectivity index (χ0v) is 27.4. The summed E-state index contributed by atoms with van der Waals surface area (Å²) < 4.78 is 32.3. The fourth-order valence-electron chi connectivity index (χ4n) is 4.23. The Morgan fingerprint density at radius 3 is 1.50 bits per heavy atom. The van der Waals surface area contributed by atoms with Gasteiger partial charge in [0.1, 0.15) is 12.7 Å². The zero-order chi connectivity index (χ0) is 30.6. The molecule has 42 heavy (non-hydrogen) atoms. The Balaban J connectivity index is 0. The van der Waals surface area contributed by atoms with Crippen LogP contribution in [0.2, 0.25) is 0 Å². The maximum absolute atomic E-state index is 12.4. The van der Waals surface area contributed by atoms with Gasteiger partial charge in [-0.2, -0.15) is 0 Å². The van der Waals surface area contributed by atoms with Crippen molar-refractivity contribution in [3.63, 3.8) is 0 Å². The van der Waals surface area contributed by atoms with E-state index in [-0.39, 0.29) is 25.6 Å². The molecule has 0 saturated heterocycles. The van der Waals surface area contributed by atoms with Crippen molar-refractivity contribution in [1.29, 1.82) is 0 Å². The minimum Gasteiger partial charge on any atom is -0.462 e. The van der Waals surface area contributed by atoms with Gasteiger partial charge in [-0.15, -0.1) is 0 Å². The molecule has 0 saturated carbocycles. The molecular weight excluding hydrogens is 565 g/mol. The highest BCUT2D eigenvalue weighted by Gasteiger charge is 2.27. The number of aliphatic hydroxyl groups excluding tert-OH is 2. The van der Waals surface area contributed by atoms with E-state index in [0.717, 1.165) is 38.5 Å². The molecule has 0 aromatic rings. The molecular formula is C30H62NO10P. The van der Waals surface area contributed by atoms with Gasteiger partial charge in [0.05, 0.1) is 19.8 Å². The van der Waals surface area contributed by atoms with Gasteiger partial charge < -0.3 is 30.7 Å². The van der Waals surface area contributed by atoms with Crippen LogP contribution in [0.1, 0.15) is 142 Å². The largest absolute Gasteiger partial charge is 0.472 e. The van der Waals surface area contributed by atoms with Gasteiger partial charge in [0.15, 0.2) is 6.10 Å². The Hall–Kier alpha value is -1.07. The highest BCUT2D eigenvalue weighted by atomic mass is 31.2. The van der Waals surface area contributed by atoms with Crippen LogP contribution in [-0.4, -0.2) is 65.7 Å². The number of unbranched alkanes of at least 4 members (excludes halogenated alkanes) is 16. The van der Waals surface area contributed by atoms with Crippen molar-refractivity contribution >= 4 is 19.8 Å². The number of ether oxygens (including phenoxy) is 2. The number of phosphoric ester groups is 1. The minimum absolute atomic E-state index is 0. The zero-order valence-electron chi connectivity index (χ0n) is 26.5. The molecule has 12 heteroatoms. The third-order valence-electron chi connectivity index (χ3n) is 6.76. The fraction of sp³-hybridized carbons (Fsp3) is 0.933. The van der Waals surface area contributed by atoms with Crippen LogP contribution in [0.15, 0.2) is 0 Å². The van der Waals surface area contributed by atoms with Crippen LogP contribution in [-0.2, 0) is 32.7 Å². The van der Waals surface area contributed by atoms with E-state index in [1.807, 2.05) is 0 Å². The predicted molar refractivity (Wildman–Crippen MR) is 164 cm³/mol. The second kappa shape index (κ2) is 30.0. The molecule has 0 aliphatic rings. The molecule has 3 atom stereocenters. The number of phosphoric acid groups is 1. The summed E-state index contributed by atoms with van der Waals surface area (Å²) >= 11 is 0. The summed E-state index contributed by atoms with van der Waals surface area (Å²) in [5.74, 6) is -0.927. The van der Waals surface area contributed by atoms with Gasteiger partial charge in [-0.1, -0.05) is 117 Å². The van der Waals surface area contributed by atoms with Gasteiger partial charge in [-0.25, -0.2) is 4.57 Å². The number of hydrogen-bond acceptors (Lipinski definition) is 10. The third-order valence-corrected chi connectivity index (χ3v) is 7.71. The van der Waals surface area contributed by atoms with Gasteiger partial charge in [0.25, 0.3) is 0 Å². The van der Waals surface area contributed by atoms with Crippen LogP contribution < -0.4 is 6.15 Å². The van der Waals surface area contributed by atoms with Crippen molar-refractivity contribution in [2.75, 3.05) is 26.4 Å². The summed E-state index contributed by atoms with van der Waals surface area (Å²) in [6.45, 7) is 2.30. The first kappa shape index (κ1) is 43.1. The smallest absolute Gasteiger partial charge is 0.462 e. The van der Waals surface area contributed by atoms with Crippen molar-refractivity contribution in [2.24, 2.45) is 0 Å². The highest BCUT2D eigenvalue weighted by molar-refractivity contribution is 7.47. The second-order valence-electron chi connectivity index (χ2n) is 10.8. The van der Waals surface area contributed by atoms with Gasteiger partial charge in [0.2, 0.25) is 0 Å². The molecule has 3 unspecified atom stereocenters. The van der Waals surface area contributed by atoms with Crippen LogP contribution >= 0.6 is 7.82 Å². The summed E-state index contributed by atoms with van der Waals surface area (Å²) in [5, 5.41) is 18.1. The maximum Gasteiger partial charge on any atom is 0.472 e. The summed E-state index contributed by atoms with van der Waals surface area (Å²) in [7, 11) is -4.59. The molecule has 0 spiro atoms. The second-order valence-corrected chi connectivity index (χ2v) is 12.3. The fourth-order valence-corrected chi connectivity index (χ4v) is 5.02. The molecule has 11 nitrogen and oxygen atoms in total. The molecule has 252 valence electrons. The standard InChI is InChI=1S/C30H59O10P.H3N/c1-3-5-7-9-11-13-15-17-19-21-29(33)37-25-28(26-39-41(35,36)38-24-27(32)23-31)40-30(34)22-20-18-16-14-12-10-8-6-4-2;/h27-28,31-32H,3-26H2,1-2H3,(H,35,36);1H3. The first-order valence-electron chi connectivity index (χ1n) is 16.0. The van der Waals surface area contributed by atoms with E-state index in [1.54, 1.807) is 0 Å². The molecule has 0 amide bonds. The van der Waals surface area contributed by atoms with Crippen molar-refractivity contribution < 1.29 is 47.8 Å². The summed E-state index contributed by atoms with van der Waals surface area (Å²) in [5.41, 5.74) is 0. The number of carbonyl (C=O) groups is 2. The Kier molecular flexibility index (Phi) is 30.7. The molecule has 0 radical (unpaired) electrons. The van der Waals surface area contributed by atoms with E-state index >= 15 is 0 Å². The van der Waals surface area contributed by atoms with Gasteiger partial charge in [-0.05, 0) is 12.8 Å². The Morgan fingerprint density at radius 2 is 1.05 bits per heavy atom. The van der Waals surface area contributed by atoms with Crippen molar-refractivity contribution in [3.8, 4) is 0 Å². The average Bonchev–Trinajstić information content (AvgIpc) is 2.95. The number of hydrogen-bond donors (Lipinski definition) is 4. The lowest BCUT2D eigenvalue weighted by Crippen LogP contribution is -2.29. The molecule has 0 aliphatic heterocycles. The van der Waals surface area contributed by atoms with Crippen LogP contribution in [0.4, 0.5) is 0 Å². The van der Waals surface area contributed by atoms with E-state index < -0.39 is 51.8 Å². The molecule has 0 rings (SSSR count). The Bertz CT molecular complexity index is 682. The first-order chi connectivity index (χ1) is 19.7. The van der Waals surface area contributed by atoms with Gasteiger partial charge in [-0.3, -0.25) is 18.6 Å². The number of esters is 2.